The van der Waals surface area contributed by atoms with Gasteiger partial charge in [0.2, 0.25) is 0 Å². The highest BCUT2D eigenvalue weighted by molar-refractivity contribution is 5.93. The zero-order chi connectivity index (χ0) is 7.84. The molecule has 2 heteroatoms. The fraction of sp³-hybridized carbons (Fsp3) is 0.667. The van der Waals surface area contributed by atoms with Gasteiger partial charge >= 0.3 is 0 Å². The number of nitrogens with two attached hydrogens (primary N) is 1. The summed E-state index contributed by atoms with van der Waals surface area (Å²) in [6, 6.07) is 0. The molecule has 0 bridgehead atoms. The second-order valence-corrected chi connectivity index (χ2v) is 3.60. The number of hydrogen-bond donors (Lipinski definition) is 1. The molecule has 0 amide bonds. The molecule has 0 aromatic carbocycles. The highest BCUT2D eigenvalue weighted by Gasteiger charge is 2.30. The maximum absolute atomic E-state index is 11.2. The van der Waals surface area contributed by atoms with Crippen LogP contribution in [0.1, 0.15) is 25.7 Å². The molecule has 2 rings (SSSR count). The van der Waals surface area contributed by atoms with Crippen molar-refractivity contribution in [1.29, 1.82) is 0 Å². The molecule has 2 nitrogen and oxygen atoms in total. The van der Waals surface area contributed by atoms with Crippen molar-refractivity contribution in [3.05, 3.63) is 11.8 Å². The van der Waals surface area contributed by atoms with Crippen LogP contribution < -0.4 is 5.73 Å². The largest absolute Gasteiger partial charge is 0.402 e. The van der Waals surface area contributed by atoms with Gasteiger partial charge in [-0.25, -0.2) is 0 Å². The Kier molecular flexibility index (Phi) is 1.48. The van der Waals surface area contributed by atoms with Crippen LogP contribution in [0.4, 0.5) is 0 Å². The lowest BCUT2D eigenvalue weighted by Gasteiger charge is -1.94. The van der Waals surface area contributed by atoms with E-state index in [1.165, 1.54) is 12.8 Å². The molecule has 0 radical (unpaired) electrons. The van der Waals surface area contributed by atoms with Gasteiger partial charge in [0.05, 0.1) is 0 Å². The summed E-state index contributed by atoms with van der Waals surface area (Å²) in [6.45, 7) is 0. The molecule has 0 unspecified atom stereocenters. The average molecular weight is 151 g/mol. The Morgan fingerprint density at radius 3 is 2.18 bits per heavy atom. The van der Waals surface area contributed by atoms with Crippen molar-refractivity contribution in [3.63, 3.8) is 0 Å². The molecular weight excluding hydrogens is 138 g/mol. The lowest BCUT2D eigenvalue weighted by Crippen LogP contribution is -2.05. The van der Waals surface area contributed by atoms with Gasteiger partial charge < -0.3 is 5.73 Å². The average Bonchev–Trinajstić information content (AvgIpc) is 2.84. The van der Waals surface area contributed by atoms with Gasteiger partial charge in [0.1, 0.15) is 0 Å². The Labute approximate surface area is 66.5 Å². The Morgan fingerprint density at radius 2 is 1.73 bits per heavy atom. The summed E-state index contributed by atoms with van der Waals surface area (Å²) in [7, 11) is 0. The van der Waals surface area contributed by atoms with Crippen molar-refractivity contribution >= 4 is 5.78 Å². The van der Waals surface area contributed by atoms with Crippen molar-refractivity contribution < 1.29 is 4.79 Å². The van der Waals surface area contributed by atoms with Gasteiger partial charge in [0.15, 0.2) is 5.78 Å². The lowest BCUT2D eigenvalue weighted by atomic mass is 10.2. The van der Waals surface area contributed by atoms with Gasteiger partial charge in [0.25, 0.3) is 0 Å². The van der Waals surface area contributed by atoms with Crippen LogP contribution in [0.5, 0.6) is 0 Å². The van der Waals surface area contributed by atoms with Crippen LogP contribution in [0.3, 0.4) is 0 Å². The highest BCUT2D eigenvalue weighted by Crippen LogP contribution is 2.35. The first-order valence-electron chi connectivity index (χ1n) is 4.28. The first-order valence-corrected chi connectivity index (χ1v) is 4.28. The lowest BCUT2D eigenvalue weighted by molar-refractivity contribution is -0.115. The van der Waals surface area contributed by atoms with E-state index in [-0.39, 0.29) is 5.78 Å². The predicted octanol–water partition coefficient (Wildman–Crippen LogP) is 1.22. The van der Waals surface area contributed by atoms with Crippen molar-refractivity contribution in [2.75, 3.05) is 0 Å². The van der Waals surface area contributed by atoms with E-state index in [1.807, 2.05) is 0 Å². The fourth-order valence-corrected chi connectivity index (χ4v) is 1.18. The molecule has 2 N–H and O–H groups in total. The van der Waals surface area contributed by atoms with Crippen molar-refractivity contribution in [2.45, 2.75) is 25.7 Å². The van der Waals surface area contributed by atoms with Crippen LogP contribution in [0, 0.1) is 11.8 Å². The fourth-order valence-electron chi connectivity index (χ4n) is 1.18. The molecule has 60 valence electrons. The first-order chi connectivity index (χ1) is 5.27. The summed E-state index contributed by atoms with van der Waals surface area (Å²) in [5, 5.41) is 0. The van der Waals surface area contributed by atoms with Crippen LogP contribution in [0.15, 0.2) is 11.8 Å². The number of rotatable bonds is 3. The minimum atomic E-state index is 0.259. The Morgan fingerprint density at radius 1 is 1.18 bits per heavy atom. The second-order valence-electron chi connectivity index (χ2n) is 3.60. The molecule has 2 aliphatic carbocycles. The van der Waals surface area contributed by atoms with E-state index in [0.717, 1.165) is 18.5 Å². The number of carbonyl (C=O) groups excluding carboxylic acids is 1. The SMILES string of the molecule is NC(=CC(=O)C1CC1)C1CC1. The van der Waals surface area contributed by atoms with Crippen LogP contribution >= 0.6 is 0 Å². The summed E-state index contributed by atoms with van der Waals surface area (Å²) in [5.74, 6) is 1.12. The minimum Gasteiger partial charge on any atom is -0.402 e. The number of hydrogen-bond acceptors (Lipinski definition) is 2. The molecule has 0 aliphatic heterocycles. The van der Waals surface area contributed by atoms with Gasteiger partial charge in [-0.3, -0.25) is 4.79 Å². The third-order valence-electron chi connectivity index (χ3n) is 2.34. The third-order valence-corrected chi connectivity index (χ3v) is 2.34. The Balaban J connectivity index is 1.93. The highest BCUT2D eigenvalue weighted by atomic mass is 16.1. The Hall–Kier alpha value is -0.790. The van der Waals surface area contributed by atoms with Crippen molar-refractivity contribution in [3.8, 4) is 0 Å². The molecule has 2 aliphatic rings. The topological polar surface area (TPSA) is 43.1 Å². The monoisotopic (exact) mass is 151 g/mol. The predicted molar refractivity (Wildman–Crippen MR) is 42.7 cm³/mol. The molecule has 0 heterocycles. The number of allylic oxidation sites excluding steroid dienone is 2. The molecule has 0 aromatic rings. The van der Waals surface area contributed by atoms with Gasteiger partial charge in [-0.15, -0.1) is 0 Å². The summed E-state index contributed by atoms with van der Waals surface area (Å²) >= 11 is 0. The van der Waals surface area contributed by atoms with Crippen LogP contribution in [-0.2, 0) is 4.79 Å². The van der Waals surface area contributed by atoms with Crippen LogP contribution in [-0.4, -0.2) is 5.78 Å². The molecule has 11 heavy (non-hydrogen) atoms. The van der Waals surface area contributed by atoms with Crippen molar-refractivity contribution in [2.24, 2.45) is 17.6 Å². The van der Waals surface area contributed by atoms with Crippen LogP contribution in [0.2, 0.25) is 0 Å². The van der Waals surface area contributed by atoms with Gasteiger partial charge in [-0.05, 0) is 31.6 Å². The molecule has 0 aromatic heterocycles. The summed E-state index contributed by atoms with van der Waals surface area (Å²) in [5.41, 5.74) is 6.51. The number of ketones is 1. The molecule has 0 saturated heterocycles. The standard InChI is InChI=1S/C9H13NO/c10-8(6-1-2-6)5-9(11)7-3-4-7/h5-7H,1-4,10H2. The van der Waals surface area contributed by atoms with E-state index in [2.05, 4.69) is 0 Å². The molecule has 2 fully saturated rings. The molecule has 0 atom stereocenters. The van der Waals surface area contributed by atoms with E-state index >= 15 is 0 Å². The zero-order valence-electron chi connectivity index (χ0n) is 6.55. The summed E-state index contributed by atoms with van der Waals surface area (Å²) < 4.78 is 0. The maximum Gasteiger partial charge on any atom is 0.160 e. The van der Waals surface area contributed by atoms with E-state index < -0.39 is 0 Å². The van der Waals surface area contributed by atoms with Crippen molar-refractivity contribution in [1.82, 2.24) is 0 Å². The third kappa shape index (κ3) is 1.62. The quantitative estimate of drug-likeness (QED) is 0.616. The summed E-state index contributed by atoms with van der Waals surface area (Å²) in [6.07, 6.45) is 6.18. The van der Waals surface area contributed by atoms with E-state index in [0.29, 0.717) is 11.8 Å². The zero-order valence-corrected chi connectivity index (χ0v) is 6.55. The minimum absolute atomic E-state index is 0.259. The Bertz CT molecular complexity index is 212. The van der Waals surface area contributed by atoms with E-state index in [9.17, 15) is 4.79 Å². The normalized spacial score (nSPS) is 25.3. The van der Waals surface area contributed by atoms with Gasteiger partial charge in [-0.1, -0.05) is 0 Å². The van der Waals surface area contributed by atoms with E-state index in [4.69, 9.17) is 5.73 Å². The first kappa shape index (κ1) is 6.89. The second kappa shape index (κ2) is 2.36. The molecular formula is C9H13NO. The van der Waals surface area contributed by atoms with Gasteiger partial charge in [-0.2, -0.15) is 0 Å². The number of carbonyl (C=O) groups is 1. The summed E-state index contributed by atoms with van der Waals surface area (Å²) in [4.78, 5) is 11.2. The van der Waals surface area contributed by atoms with Gasteiger partial charge in [0, 0.05) is 17.7 Å². The smallest absolute Gasteiger partial charge is 0.160 e. The van der Waals surface area contributed by atoms with E-state index in [1.54, 1.807) is 6.08 Å². The maximum atomic E-state index is 11.2. The molecule has 2 saturated carbocycles. The van der Waals surface area contributed by atoms with Crippen LogP contribution in [0.25, 0.3) is 0 Å². The molecule has 0 spiro atoms.